The first-order chi connectivity index (χ1) is 14.5. The molecule has 6 nitrogen and oxygen atoms in total. The van der Waals surface area contributed by atoms with Gasteiger partial charge in [0.05, 0.1) is 18.0 Å². The van der Waals surface area contributed by atoms with Gasteiger partial charge in [-0.15, -0.1) is 0 Å². The summed E-state index contributed by atoms with van der Waals surface area (Å²) in [5, 5.41) is 13.5. The van der Waals surface area contributed by atoms with E-state index in [2.05, 4.69) is 5.10 Å². The molecule has 1 aromatic heterocycles. The van der Waals surface area contributed by atoms with Crippen LogP contribution in [0.4, 0.5) is 0 Å². The van der Waals surface area contributed by atoms with Gasteiger partial charge in [0.2, 0.25) is 0 Å². The van der Waals surface area contributed by atoms with Gasteiger partial charge in [-0.1, -0.05) is 29.8 Å². The first kappa shape index (κ1) is 21.3. The molecule has 0 amide bonds. The second-order valence-corrected chi connectivity index (χ2v) is 6.96. The first-order valence-electron chi connectivity index (χ1n) is 9.43. The van der Waals surface area contributed by atoms with Crippen molar-refractivity contribution in [2.24, 2.45) is 0 Å². The summed E-state index contributed by atoms with van der Waals surface area (Å²) in [6, 6.07) is 16.2. The van der Waals surface area contributed by atoms with E-state index in [1.807, 2.05) is 37.3 Å². The summed E-state index contributed by atoms with van der Waals surface area (Å²) in [6.45, 7) is 2.15. The molecule has 7 heteroatoms. The van der Waals surface area contributed by atoms with E-state index in [9.17, 15) is 9.59 Å². The van der Waals surface area contributed by atoms with E-state index in [0.29, 0.717) is 35.1 Å². The van der Waals surface area contributed by atoms with E-state index in [4.69, 9.17) is 21.4 Å². The monoisotopic (exact) mass is 424 g/mol. The number of nitrogens with zero attached hydrogens (tertiary/aromatic N) is 2. The van der Waals surface area contributed by atoms with Gasteiger partial charge in [-0.3, -0.25) is 9.59 Å². The molecular formula is C23H21ClN2O4. The third-order valence-corrected chi connectivity index (χ3v) is 4.76. The van der Waals surface area contributed by atoms with Crippen LogP contribution in [0.25, 0.3) is 11.8 Å². The number of halogens is 1. The van der Waals surface area contributed by atoms with Gasteiger partial charge in [0, 0.05) is 17.5 Å². The summed E-state index contributed by atoms with van der Waals surface area (Å²) in [5.41, 5.74) is 2.76. The van der Waals surface area contributed by atoms with E-state index < -0.39 is 5.97 Å². The maximum absolute atomic E-state index is 12.5. The van der Waals surface area contributed by atoms with Crippen molar-refractivity contribution >= 4 is 29.4 Å². The molecule has 0 radical (unpaired) electrons. The third kappa shape index (κ3) is 5.36. The number of ketones is 1. The lowest BCUT2D eigenvalue weighted by atomic mass is 10.1. The number of benzene rings is 2. The number of carboxylic acid groups (broad SMARTS) is 1. The molecule has 0 aliphatic heterocycles. The van der Waals surface area contributed by atoms with Crippen molar-refractivity contribution in [1.82, 2.24) is 9.78 Å². The van der Waals surface area contributed by atoms with Crippen LogP contribution in [0.15, 0.2) is 60.7 Å². The Kier molecular flexibility index (Phi) is 7.03. The van der Waals surface area contributed by atoms with E-state index in [-0.39, 0.29) is 12.2 Å². The van der Waals surface area contributed by atoms with Crippen molar-refractivity contribution in [2.45, 2.75) is 19.8 Å². The Hall–Kier alpha value is -3.38. The lowest BCUT2D eigenvalue weighted by Crippen LogP contribution is -2.02. The number of rotatable bonds is 9. The molecule has 0 saturated carbocycles. The van der Waals surface area contributed by atoms with Gasteiger partial charge in [0.25, 0.3) is 0 Å². The van der Waals surface area contributed by atoms with Crippen LogP contribution in [-0.2, 0) is 4.79 Å². The zero-order valence-corrected chi connectivity index (χ0v) is 17.2. The molecule has 0 bridgehead atoms. The summed E-state index contributed by atoms with van der Waals surface area (Å²) < 4.78 is 7.11. The van der Waals surface area contributed by atoms with Crippen molar-refractivity contribution in [3.63, 3.8) is 0 Å². The number of aromatic nitrogens is 2. The summed E-state index contributed by atoms with van der Waals surface area (Å²) >= 11 is 6.48. The quantitative estimate of drug-likeness (QED) is 0.298. The molecule has 2 aromatic carbocycles. The minimum absolute atomic E-state index is 0.0597. The minimum atomic E-state index is -0.851. The molecule has 0 fully saturated rings. The number of aryl methyl sites for hydroxylation is 1. The largest absolute Gasteiger partial charge is 0.494 e. The van der Waals surface area contributed by atoms with Crippen molar-refractivity contribution < 1.29 is 19.4 Å². The average Bonchev–Trinajstić information content (AvgIpc) is 3.04. The van der Waals surface area contributed by atoms with Crippen LogP contribution in [0.1, 0.15) is 34.5 Å². The first-order valence-corrected chi connectivity index (χ1v) is 9.81. The number of allylic oxidation sites excluding steroid dienone is 1. The fourth-order valence-corrected chi connectivity index (χ4v) is 3.16. The lowest BCUT2D eigenvalue weighted by molar-refractivity contribution is -0.137. The van der Waals surface area contributed by atoms with Crippen molar-refractivity contribution in [3.8, 4) is 11.4 Å². The normalized spacial score (nSPS) is 11.0. The third-order valence-electron chi connectivity index (χ3n) is 4.39. The molecule has 3 aromatic rings. The van der Waals surface area contributed by atoms with Gasteiger partial charge >= 0.3 is 5.97 Å². The van der Waals surface area contributed by atoms with Gasteiger partial charge in [-0.25, -0.2) is 4.68 Å². The van der Waals surface area contributed by atoms with Gasteiger partial charge in [-0.05, 0) is 61.9 Å². The minimum Gasteiger partial charge on any atom is -0.494 e. The highest BCUT2D eigenvalue weighted by atomic mass is 35.5. The number of carbonyl (C=O) groups is 2. The molecule has 0 aliphatic rings. The summed E-state index contributed by atoms with van der Waals surface area (Å²) in [6.07, 6.45) is 3.62. The average molecular weight is 425 g/mol. The number of ether oxygens (including phenoxy) is 1. The molecule has 1 heterocycles. The molecule has 0 unspecified atom stereocenters. The van der Waals surface area contributed by atoms with E-state index in [1.165, 1.54) is 6.08 Å². The Morgan fingerprint density at radius 3 is 2.50 bits per heavy atom. The van der Waals surface area contributed by atoms with Crippen LogP contribution in [0.5, 0.6) is 5.75 Å². The Balaban J connectivity index is 1.66. The van der Waals surface area contributed by atoms with Crippen molar-refractivity contribution in [2.75, 3.05) is 6.61 Å². The van der Waals surface area contributed by atoms with Crippen LogP contribution in [0, 0.1) is 6.92 Å². The second kappa shape index (κ2) is 9.89. The smallest absolute Gasteiger partial charge is 0.303 e. The Bertz CT molecular complexity index is 1060. The standard InChI is InChI=1S/C23H21ClN2O4/c1-16-20(23(24)26(25-16)18-6-3-2-4-7-18)13-14-21(27)17-9-11-19(12-10-17)30-15-5-8-22(28)29/h2-4,6-7,9-14H,5,8,15H2,1H3,(H,28,29)/b14-13+. The summed E-state index contributed by atoms with van der Waals surface area (Å²) in [4.78, 5) is 23.0. The Morgan fingerprint density at radius 2 is 1.83 bits per heavy atom. The maximum Gasteiger partial charge on any atom is 0.303 e. The second-order valence-electron chi connectivity index (χ2n) is 6.60. The molecule has 0 spiro atoms. The van der Waals surface area contributed by atoms with Crippen LogP contribution < -0.4 is 4.74 Å². The molecule has 1 N–H and O–H groups in total. The van der Waals surface area contributed by atoms with Crippen LogP contribution in [-0.4, -0.2) is 33.2 Å². The van der Waals surface area contributed by atoms with Crippen LogP contribution >= 0.6 is 11.6 Å². The van der Waals surface area contributed by atoms with Gasteiger partial charge in [-0.2, -0.15) is 5.10 Å². The van der Waals surface area contributed by atoms with E-state index in [1.54, 1.807) is 35.0 Å². The Labute approximate surface area is 179 Å². The topological polar surface area (TPSA) is 81.4 Å². The number of aliphatic carboxylic acids is 1. The highest BCUT2D eigenvalue weighted by Gasteiger charge is 2.13. The van der Waals surface area contributed by atoms with Gasteiger partial charge < -0.3 is 9.84 Å². The molecule has 154 valence electrons. The number of hydrogen-bond acceptors (Lipinski definition) is 4. The zero-order valence-electron chi connectivity index (χ0n) is 16.4. The number of hydrogen-bond donors (Lipinski definition) is 1. The van der Waals surface area contributed by atoms with Crippen LogP contribution in [0.2, 0.25) is 5.15 Å². The van der Waals surface area contributed by atoms with E-state index >= 15 is 0 Å². The molecular weight excluding hydrogens is 404 g/mol. The lowest BCUT2D eigenvalue weighted by Gasteiger charge is -2.05. The predicted molar refractivity (Wildman–Crippen MR) is 115 cm³/mol. The number of carbonyl (C=O) groups excluding carboxylic acids is 1. The molecule has 30 heavy (non-hydrogen) atoms. The summed E-state index contributed by atoms with van der Waals surface area (Å²) in [7, 11) is 0. The fraction of sp³-hybridized carbons (Fsp3) is 0.174. The Morgan fingerprint density at radius 1 is 1.13 bits per heavy atom. The number of para-hydroxylation sites is 1. The predicted octanol–water partition coefficient (Wildman–Crippen LogP) is 4.97. The molecule has 0 saturated heterocycles. The maximum atomic E-state index is 12.5. The van der Waals surface area contributed by atoms with Crippen molar-refractivity contribution in [1.29, 1.82) is 0 Å². The molecule has 3 rings (SSSR count). The summed E-state index contributed by atoms with van der Waals surface area (Å²) in [5.74, 6) is -0.435. The molecule has 0 aliphatic carbocycles. The highest BCUT2D eigenvalue weighted by Crippen LogP contribution is 2.25. The van der Waals surface area contributed by atoms with Crippen molar-refractivity contribution in [3.05, 3.63) is 82.6 Å². The molecule has 0 atom stereocenters. The fourth-order valence-electron chi connectivity index (χ4n) is 2.82. The van der Waals surface area contributed by atoms with E-state index in [0.717, 1.165) is 11.4 Å². The van der Waals surface area contributed by atoms with Gasteiger partial charge in [0.15, 0.2) is 5.78 Å². The number of carboxylic acids is 1. The van der Waals surface area contributed by atoms with Crippen LogP contribution in [0.3, 0.4) is 0 Å². The highest BCUT2D eigenvalue weighted by molar-refractivity contribution is 6.31. The zero-order chi connectivity index (χ0) is 21.5. The van der Waals surface area contributed by atoms with Gasteiger partial charge in [0.1, 0.15) is 10.9 Å². The SMILES string of the molecule is Cc1nn(-c2ccccc2)c(Cl)c1/C=C/C(=O)c1ccc(OCCCC(=O)O)cc1.